The van der Waals surface area contributed by atoms with Crippen LogP contribution in [0.2, 0.25) is 0 Å². The molecule has 0 spiro atoms. The summed E-state index contributed by atoms with van der Waals surface area (Å²) in [6, 6.07) is 4.47. The predicted octanol–water partition coefficient (Wildman–Crippen LogP) is 3.14. The molecule has 0 aliphatic carbocycles. The van der Waals surface area contributed by atoms with Gasteiger partial charge in [0.2, 0.25) is 0 Å². The van der Waals surface area contributed by atoms with Crippen LogP contribution in [-0.4, -0.2) is 42.8 Å². The molecule has 1 aromatic carbocycles. The van der Waals surface area contributed by atoms with E-state index in [0.717, 1.165) is 22.6 Å². The lowest BCUT2D eigenvalue weighted by molar-refractivity contribution is 0.0703. The average molecular weight is 328 g/mol. The van der Waals surface area contributed by atoms with Crippen molar-refractivity contribution in [3.8, 4) is 11.5 Å². The van der Waals surface area contributed by atoms with Crippen molar-refractivity contribution < 1.29 is 22.8 Å². The molecule has 0 atom stereocenters. The highest BCUT2D eigenvalue weighted by molar-refractivity contribution is 6.60. The van der Waals surface area contributed by atoms with Crippen molar-refractivity contribution in [1.82, 2.24) is 0 Å². The molecule has 1 rings (SSSR count). The summed E-state index contributed by atoms with van der Waals surface area (Å²) in [5, 5.41) is 0. The van der Waals surface area contributed by atoms with E-state index in [2.05, 4.69) is 0 Å². The van der Waals surface area contributed by atoms with Gasteiger partial charge in [0.25, 0.3) is 0 Å². The molecular weight excluding hydrogens is 300 g/mol. The van der Waals surface area contributed by atoms with E-state index in [1.54, 1.807) is 14.2 Å². The maximum Gasteiger partial charge on any atom is 0.505 e. The Morgan fingerprint density at radius 1 is 0.864 bits per heavy atom. The summed E-state index contributed by atoms with van der Waals surface area (Å²) in [5.74, 6) is 1.55. The van der Waals surface area contributed by atoms with Gasteiger partial charge in [-0.15, -0.1) is 0 Å². The Hall–Kier alpha value is -1.08. The number of ether oxygens (including phenoxy) is 2. The summed E-state index contributed by atoms with van der Waals surface area (Å²) in [6.45, 7) is 9.58. The van der Waals surface area contributed by atoms with Gasteiger partial charge in [0, 0.05) is 31.9 Å². The molecule has 0 saturated carbocycles. The van der Waals surface area contributed by atoms with Gasteiger partial charge < -0.3 is 22.8 Å². The van der Waals surface area contributed by atoms with Gasteiger partial charge in [-0.3, -0.25) is 0 Å². The number of hydrogen-bond acceptors (Lipinski definition) is 5. The molecule has 0 fully saturated rings. The molecule has 0 aliphatic rings. The topological polar surface area (TPSA) is 46.2 Å². The second-order valence-electron chi connectivity index (χ2n) is 4.77. The van der Waals surface area contributed by atoms with Gasteiger partial charge in [-0.25, -0.2) is 0 Å². The smallest absolute Gasteiger partial charge is 0.497 e. The average Bonchev–Trinajstić information content (AvgIpc) is 2.50. The molecule has 0 radical (unpaired) electrons. The first-order chi connectivity index (χ1) is 10.6. The van der Waals surface area contributed by atoms with Crippen LogP contribution in [0.15, 0.2) is 12.1 Å². The van der Waals surface area contributed by atoms with Crippen molar-refractivity contribution in [2.45, 2.75) is 33.7 Å². The van der Waals surface area contributed by atoms with Gasteiger partial charge in [0.05, 0.1) is 14.2 Å². The van der Waals surface area contributed by atoms with Crippen molar-refractivity contribution in [3.63, 3.8) is 0 Å². The Kier molecular flexibility index (Phi) is 7.88. The van der Waals surface area contributed by atoms with Gasteiger partial charge >= 0.3 is 8.80 Å². The van der Waals surface area contributed by atoms with Gasteiger partial charge in [0.15, 0.2) is 0 Å². The molecule has 6 heteroatoms. The highest BCUT2D eigenvalue weighted by Gasteiger charge is 2.41. The molecule has 0 aliphatic heterocycles. The summed E-state index contributed by atoms with van der Waals surface area (Å²) in [5.41, 5.74) is 2.12. The maximum atomic E-state index is 5.93. The van der Waals surface area contributed by atoms with E-state index in [1.807, 2.05) is 39.8 Å². The monoisotopic (exact) mass is 328 g/mol. The third-order valence-electron chi connectivity index (χ3n) is 3.40. The van der Waals surface area contributed by atoms with Gasteiger partial charge in [-0.05, 0) is 44.9 Å². The minimum atomic E-state index is -2.75. The fraction of sp³-hybridized carbons (Fsp3) is 0.625. The molecule has 126 valence electrons. The van der Waals surface area contributed by atoms with E-state index in [4.69, 9.17) is 22.8 Å². The minimum Gasteiger partial charge on any atom is -0.497 e. The first-order valence-corrected chi connectivity index (χ1v) is 9.62. The largest absolute Gasteiger partial charge is 0.505 e. The van der Waals surface area contributed by atoms with Crippen LogP contribution < -0.4 is 9.47 Å². The van der Waals surface area contributed by atoms with E-state index < -0.39 is 8.80 Å². The highest BCUT2D eigenvalue weighted by Crippen LogP contribution is 2.30. The summed E-state index contributed by atoms with van der Waals surface area (Å²) in [4.78, 5) is 0. The molecular formula is C16H28O5Si. The zero-order chi connectivity index (χ0) is 16.6. The van der Waals surface area contributed by atoms with Gasteiger partial charge in [-0.1, -0.05) is 0 Å². The molecule has 0 amide bonds. The fourth-order valence-electron chi connectivity index (χ4n) is 2.40. The van der Waals surface area contributed by atoms with Crippen molar-refractivity contribution in [2.24, 2.45) is 0 Å². The Morgan fingerprint density at radius 3 is 1.82 bits per heavy atom. The highest BCUT2D eigenvalue weighted by atomic mass is 28.4. The van der Waals surface area contributed by atoms with Crippen molar-refractivity contribution >= 4 is 8.80 Å². The van der Waals surface area contributed by atoms with E-state index in [-0.39, 0.29) is 0 Å². The number of methoxy groups -OCH3 is 2. The molecule has 22 heavy (non-hydrogen) atoms. The van der Waals surface area contributed by atoms with Crippen LogP contribution >= 0.6 is 0 Å². The third-order valence-corrected chi connectivity index (χ3v) is 6.40. The SMILES string of the molecule is CCO[Si](Cc1cc(OC)cc(OC)c1C)(OCC)OCC. The van der Waals surface area contributed by atoms with Crippen LogP contribution in [0, 0.1) is 6.92 Å². The molecule has 0 N–H and O–H groups in total. The van der Waals surface area contributed by atoms with E-state index in [0.29, 0.717) is 25.9 Å². The van der Waals surface area contributed by atoms with Gasteiger partial charge in [0.1, 0.15) is 11.5 Å². The second-order valence-corrected chi connectivity index (χ2v) is 7.36. The molecule has 0 bridgehead atoms. The van der Waals surface area contributed by atoms with Crippen LogP contribution in [0.5, 0.6) is 11.5 Å². The van der Waals surface area contributed by atoms with Crippen molar-refractivity contribution in [3.05, 3.63) is 23.3 Å². The molecule has 1 aromatic rings. The summed E-state index contributed by atoms with van der Waals surface area (Å²) in [6.07, 6.45) is 0. The summed E-state index contributed by atoms with van der Waals surface area (Å²) in [7, 11) is 0.551. The standard InChI is InChI=1S/C16H28O5Si/c1-7-19-22(20-8-2,21-9-3)12-14-10-15(17-5)11-16(18-6)13(14)4/h10-11H,7-9,12H2,1-6H3. The summed E-state index contributed by atoms with van der Waals surface area (Å²) < 4.78 is 28.6. The fourth-order valence-corrected chi connectivity index (χ4v) is 5.11. The second kappa shape index (κ2) is 9.15. The lowest BCUT2D eigenvalue weighted by Crippen LogP contribution is -2.48. The van der Waals surface area contributed by atoms with E-state index in [1.165, 1.54) is 0 Å². The van der Waals surface area contributed by atoms with Crippen LogP contribution in [0.25, 0.3) is 0 Å². The predicted molar refractivity (Wildman–Crippen MR) is 88.6 cm³/mol. The zero-order valence-corrected chi connectivity index (χ0v) is 15.5. The minimum absolute atomic E-state index is 0.562. The Balaban J connectivity index is 3.20. The normalized spacial score (nSPS) is 11.5. The molecule has 0 aromatic heterocycles. The third kappa shape index (κ3) is 4.71. The Morgan fingerprint density at radius 2 is 1.41 bits per heavy atom. The molecule has 0 unspecified atom stereocenters. The summed E-state index contributed by atoms with van der Waals surface area (Å²) >= 11 is 0. The lowest BCUT2D eigenvalue weighted by Gasteiger charge is -2.29. The zero-order valence-electron chi connectivity index (χ0n) is 14.5. The number of rotatable bonds is 10. The Bertz CT molecular complexity index is 447. The molecule has 5 nitrogen and oxygen atoms in total. The van der Waals surface area contributed by atoms with Crippen LogP contribution in [0.3, 0.4) is 0 Å². The maximum absolute atomic E-state index is 5.93. The van der Waals surface area contributed by atoms with E-state index >= 15 is 0 Å². The van der Waals surface area contributed by atoms with Crippen LogP contribution in [0.4, 0.5) is 0 Å². The van der Waals surface area contributed by atoms with Crippen molar-refractivity contribution in [2.75, 3.05) is 34.0 Å². The van der Waals surface area contributed by atoms with Gasteiger partial charge in [-0.2, -0.15) is 0 Å². The van der Waals surface area contributed by atoms with Crippen molar-refractivity contribution in [1.29, 1.82) is 0 Å². The Labute approximate surface area is 134 Å². The van der Waals surface area contributed by atoms with Crippen LogP contribution in [0.1, 0.15) is 31.9 Å². The first-order valence-electron chi connectivity index (χ1n) is 7.69. The lowest BCUT2D eigenvalue weighted by atomic mass is 10.1. The molecule has 0 heterocycles. The number of hydrogen-bond donors (Lipinski definition) is 0. The van der Waals surface area contributed by atoms with Crippen LogP contribution in [-0.2, 0) is 19.3 Å². The van der Waals surface area contributed by atoms with E-state index in [9.17, 15) is 0 Å². The first kappa shape index (κ1) is 19.0. The quantitative estimate of drug-likeness (QED) is 0.618. The molecule has 0 saturated heterocycles. The number of benzene rings is 1.